The van der Waals surface area contributed by atoms with E-state index in [0.29, 0.717) is 11.6 Å². The van der Waals surface area contributed by atoms with E-state index in [1.165, 1.54) is 19.3 Å². The molecule has 0 radical (unpaired) electrons. The lowest BCUT2D eigenvalue weighted by Crippen LogP contribution is -2.44. The molecule has 20 heavy (non-hydrogen) atoms. The molecule has 0 N–H and O–H groups in total. The SMILES string of the molecule is Cl.O=C1COC(c2ccccn2)=NN1C1CCCCC1. The second-order valence-electron chi connectivity index (χ2n) is 4.94. The number of pyridine rings is 1. The van der Waals surface area contributed by atoms with Crippen molar-refractivity contribution in [3.05, 3.63) is 30.1 Å². The quantitative estimate of drug-likeness (QED) is 0.841. The van der Waals surface area contributed by atoms with Gasteiger partial charge in [-0.1, -0.05) is 25.3 Å². The molecule has 0 saturated heterocycles. The van der Waals surface area contributed by atoms with Crippen LogP contribution in [0.4, 0.5) is 0 Å². The molecule has 1 aliphatic carbocycles. The highest BCUT2D eigenvalue weighted by Crippen LogP contribution is 2.24. The minimum Gasteiger partial charge on any atom is -0.465 e. The van der Waals surface area contributed by atoms with Crippen LogP contribution in [-0.2, 0) is 9.53 Å². The van der Waals surface area contributed by atoms with Gasteiger partial charge >= 0.3 is 0 Å². The molecule has 1 amide bonds. The zero-order valence-electron chi connectivity index (χ0n) is 11.2. The minimum atomic E-state index is -0.0495. The Morgan fingerprint density at radius 3 is 2.70 bits per heavy atom. The summed E-state index contributed by atoms with van der Waals surface area (Å²) in [5, 5.41) is 5.99. The third kappa shape index (κ3) is 3.10. The highest BCUT2D eigenvalue weighted by atomic mass is 35.5. The molecule has 0 aromatic carbocycles. The first kappa shape index (κ1) is 14.8. The summed E-state index contributed by atoms with van der Waals surface area (Å²) in [7, 11) is 0. The number of ether oxygens (including phenoxy) is 1. The number of nitrogens with zero attached hydrogens (tertiary/aromatic N) is 3. The predicted octanol–water partition coefficient (Wildman–Crippen LogP) is 2.36. The zero-order chi connectivity index (χ0) is 13.1. The lowest BCUT2D eigenvalue weighted by atomic mass is 9.95. The summed E-state index contributed by atoms with van der Waals surface area (Å²) in [4.78, 5) is 16.2. The summed E-state index contributed by atoms with van der Waals surface area (Å²) in [6.45, 7) is 0.0614. The monoisotopic (exact) mass is 295 g/mol. The van der Waals surface area contributed by atoms with Gasteiger partial charge in [-0.2, -0.15) is 0 Å². The van der Waals surface area contributed by atoms with Gasteiger partial charge in [0.2, 0.25) is 0 Å². The highest BCUT2D eigenvalue weighted by molar-refractivity contribution is 5.96. The molecule has 6 heteroatoms. The van der Waals surface area contributed by atoms with E-state index in [4.69, 9.17) is 4.74 Å². The normalized spacial score (nSPS) is 19.9. The third-order valence-corrected chi connectivity index (χ3v) is 3.59. The van der Waals surface area contributed by atoms with E-state index in [9.17, 15) is 4.79 Å². The Hall–Kier alpha value is -1.62. The molecule has 3 rings (SSSR count). The van der Waals surface area contributed by atoms with Crippen molar-refractivity contribution in [2.45, 2.75) is 38.1 Å². The topological polar surface area (TPSA) is 54.8 Å². The van der Waals surface area contributed by atoms with Gasteiger partial charge in [0.05, 0.1) is 6.04 Å². The first-order valence-corrected chi connectivity index (χ1v) is 6.79. The van der Waals surface area contributed by atoms with Crippen molar-refractivity contribution < 1.29 is 9.53 Å². The summed E-state index contributed by atoms with van der Waals surface area (Å²) < 4.78 is 5.39. The molecule has 2 heterocycles. The maximum Gasteiger partial charge on any atom is 0.281 e. The van der Waals surface area contributed by atoms with Crippen LogP contribution in [0.1, 0.15) is 37.8 Å². The molecule has 0 bridgehead atoms. The van der Waals surface area contributed by atoms with Crippen molar-refractivity contribution in [1.29, 1.82) is 0 Å². The average molecular weight is 296 g/mol. The van der Waals surface area contributed by atoms with Crippen LogP contribution < -0.4 is 0 Å². The van der Waals surface area contributed by atoms with Crippen LogP contribution >= 0.6 is 12.4 Å². The second kappa shape index (κ2) is 6.70. The van der Waals surface area contributed by atoms with E-state index in [0.717, 1.165) is 12.8 Å². The number of carbonyl (C=O) groups is 1. The van der Waals surface area contributed by atoms with Crippen LogP contribution in [0.2, 0.25) is 0 Å². The van der Waals surface area contributed by atoms with Gasteiger partial charge in [0.15, 0.2) is 6.61 Å². The maximum absolute atomic E-state index is 11.9. The number of amides is 1. The van der Waals surface area contributed by atoms with Gasteiger partial charge in [-0.25, -0.2) is 5.01 Å². The Bertz CT molecular complexity index is 486. The Balaban J connectivity index is 0.00000147. The Kier molecular flexibility index (Phi) is 4.95. The van der Waals surface area contributed by atoms with Crippen molar-refractivity contribution in [2.75, 3.05) is 6.61 Å². The van der Waals surface area contributed by atoms with Crippen molar-refractivity contribution in [3.63, 3.8) is 0 Å². The molecule has 0 spiro atoms. The summed E-state index contributed by atoms with van der Waals surface area (Å²) in [5.74, 6) is 0.400. The molecule has 2 aliphatic rings. The van der Waals surface area contributed by atoms with Crippen molar-refractivity contribution in [1.82, 2.24) is 9.99 Å². The summed E-state index contributed by atoms with van der Waals surface area (Å²) in [6.07, 6.45) is 7.36. The van der Waals surface area contributed by atoms with Gasteiger partial charge in [-0.05, 0) is 25.0 Å². The van der Waals surface area contributed by atoms with E-state index >= 15 is 0 Å². The number of carbonyl (C=O) groups excluding carboxylic acids is 1. The number of halogens is 1. The molecule has 108 valence electrons. The Labute approximate surface area is 124 Å². The number of aromatic nitrogens is 1. The van der Waals surface area contributed by atoms with Crippen LogP contribution in [0.25, 0.3) is 0 Å². The van der Waals surface area contributed by atoms with Gasteiger partial charge in [0.1, 0.15) is 5.69 Å². The van der Waals surface area contributed by atoms with E-state index in [1.807, 2.05) is 18.2 Å². The fourth-order valence-corrected chi connectivity index (χ4v) is 2.60. The van der Waals surface area contributed by atoms with Crippen LogP contribution in [0.3, 0.4) is 0 Å². The molecule has 1 aliphatic heterocycles. The van der Waals surface area contributed by atoms with E-state index in [1.54, 1.807) is 11.2 Å². The first-order valence-electron chi connectivity index (χ1n) is 6.79. The van der Waals surface area contributed by atoms with Gasteiger partial charge in [0, 0.05) is 6.20 Å². The van der Waals surface area contributed by atoms with E-state index < -0.39 is 0 Å². The van der Waals surface area contributed by atoms with Crippen molar-refractivity contribution >= 4 is 24.2 Å². The smallest absolute Gasteiger partial charge is 0.281 e. The van der Waals surface area contributed by atoms with Crippen LogP contribution in [-0.4, -0.2) is 34.4 Å². The Morgan fingerprint density at radius 1 is 1.20 bits per heavy atom. The van der Waals surface area contributed by atoms with Gasteiger partial charge in [0.25, 0.3) is 11.8 Å². The lowest BCUT2D eigenvalue weighted by molar-refractivity contribution is -0.138. The van der Waals surface area contributed by atoms with Gasteiger partial charge in [-0.15, -0.1) is 17.5 Å². The number of hydrogen-bond donors (Lipinski definition) is 0. The summed E-state index contributed by atoms with van der Waals surface area (Å²) in [6, 6.07) is 5.80. The fraction of sp³-hybridized carbons (Fsp3) is 0.500. The minimum absolute atomic E-state index is 0. The maximum atomic E-state index is 11.9. The molecule has 1 saturated carbocycles. The summed E-state index contributed by atoms with van der Waals surface area (Å²) >= 11 is 0. The van der Waals surface area contributed by atoms with Gasteiger partial charge < -0.3 is 4.74 Å². The van der Waals surface area contributed by atoms with Gasteiger partial charge in [-0.3, -0.25) is 9.78 Å². The Morgan fingerprint density at radius 2 is 2.00 bits per heavy atom. The number of hydrogen-bond acceptors (Lipinski definition) is 4. The molecule has 1 fully saturated rings. The van der Waals surface area contributed by atoms with E-state index in [2.05, 4.69) is 10.1 Å². The number of hydrazone groups is 1. The highest BCUT2D eigenvalue weighted by Gasteiger charge is 2.30. The molecule has 1 aromatic rings. The largest absolute Gasteiger partial charge is 0.465 e. The predicted molar refractivity (Wildman–Crippen MR) is 77.7 cm³/mol. The fourth-order valence-electron chi connectivity index (χ4n) is 2.60. The molecule has 5 nitrogen and oxygen atoms in total. The van der Waals surface area contributed by atoms with Crippen LogP contribution in [0, 0.1) is 0 Å². The molecule has 0 atom stereocenters. The third-order valence-electron chi connectivity index (χ3n) is 3.59. The van der Waals surface area contributed by atoms with Crippen LogP contribution in [0.5, 0.6) is 0 Å². The van der Waals surface area contributed by atoms with Crippen LogP contribution in [0.15, 0.2) is 29.5 Å². The number of rotatable bonds is 2. The summed E-state index contributed by atoms with van der Waals surface area (Å²) in [5.41, 5.74) is 0.677. The van der Waals surface area contributed by atoms with E-state index in [-0.39, 0.29) is 31.0 Å². The molecular weight excluding hydrogens is 278 g/mol. The standard InChI is InChI=1S/C14H17N3O2.ClH/c18-13-10-19-14(12-8-4-5-9-15-12)16-17(13)11-6-2-1-3-7-11;/h4-5,8-9,11H,1-3,6-7,10H2;1H. The van der Waals surface area contributed by atoms with Crippen molar-refractivity contribution in [2.24, 2.45) is 5.10 Å². The first-order chi connectivity index (χ1) is 9.34. The molecule has 1 aromatic heterocycles. The molecular formula is C14H18ClN3O2. The van der Waals surface area contributed by atoms with Crippen molar-refractivity contribution in [3.8, 4) is 0 Å². The zero-order valence-corrected chi connectivity index (χ0v) is 12.0. The average Bonchev–Trinajstić information content (AvgIpc) is 2.49. The second-order valence-corrected chi connectivity index (χ2v) is 4.94. The lowest BCUT2D eigenvalue weighted by Gasteiger charge is -2.32. The molecule has 0 unspecified atom stereocenters.